The lowest BCUT2D eigenvalue weighted by Crippen LogP contribution is -2.49. The molecule has 0 spiro atoms. The van der Waals surface area contributed by atoms with Gasteiger partial charge in [-0.15, -0.1) is 11.3 Å². The van der Waals surface area contributed by atoms with Crippen LogP contribution in [0, 0.1) is 11.8 Å². The highest BCUT2D eigenvalue weighted by Crippen LogP contribution is 2.27. The molecule has 0 radical (unpaired) electrons. The molecule has 2 N–H and O–H groups in total. The van der Waals surface area contributed by atoms with Gasteiger partial charge in [-0.05, 0) is 45.1 Å². The van der Waals surface area contributed by atoms with Crippen LogP contribution in [0.5, 0.6) is 0 Å². The lowest BCUT2D eigenvalue weighted by Gasteiger charge is -2.38. The maximum Gasteiger partial charge on any atom is 0.407 e. The number of hydrogen-bond donors (Lipinski definition) is 2. The molecule has 0 saturated carbocycles. The van der Waals surface area contributed by atoms with Gasteiger partial charge < -0.3 is 24.8 Å². The molecule has 3 heterocycles. The van der Waals surface area contributed by atoms with E-state index >= 15 is 0 Å². The number of benzene rings is 1. The van der Waals surface area contributed by atoms with Gasteiger partial charge in [-0.25, -0.2) is 9.78 Å². The van der Waals surface area contributed by atoms with Gasteiger partial charge in [-0.3, -0.25) is 14.2 Å². The van der Waals surface area contributed by atoms with Gasteiger partial charge in [0.1, 0.15) is 22.4 Å². The predicted octanol–water partition coefficient (Wildman–Crippen LogP) is 3.90. The Kier molecular flexibility index (Phi) is 10.6. The maximum absolute atomic E-state index is 13.2. The lowest BCUT2D eigenvalue weighted by atomic mass is 9.90. The third kappa shape index (κ3) is 9.13. The van der Waals surface area contributed by atoms with Crippen LogP contribution in [0.1, 0.15) is 64.0 Å². The van der Waals surface area contributed by atoms with Crippen molar-refractivity contribution in [1.82, 2.24) is 19.8 Å². The minimum Gasteiger partial charge on any atom is -0.444 e. The van der Waals surface area contributed by atoms with E-state index in [2.05, 4.69) is 22.1 Å². The molecule has 2 amide bonds. The number of carbonyl (C=O) groups is 2. The second kappa shape index (κ2) is 14.2. The SMILES string of the molecule is C[C@H](CC(=O)N1CCC(O)(Cn2cnc3c(C#CCOCCNC(=O)OC(C)(C)C)csc3c2=O)CC1)c1ccccc1. The first-order valence-electron chi connectivity index (χ1n) is 14.5. The van der Waals surface area contributed by atoms with E-state index in [4.69, 9.17) is 9.47 Å². The van der Waals surface area contributed by atoms with Gasteiger partial charge in [0.15, 0.2) is 0 Å². The van der Waals surface area contributed by atoms with Gasteiger partial charge in [-0.2, -0.15) is 0 Å². The summed E-state index contributed by atoms with van der Waals surface area (Å²) in [4.78, 5) is 44.0. The maximum atomic E-state index is 13.2. The van der Waals surface area contributed by atoms with Crippen molar-refractivity contribution in [2.45, 2.75) is 70.6 Å². The molecule has 10 nitrogen and oxygen atoms in total. The summed E-state index contributed by atoms with van der Waals surface area (Å²) in [7, 11) is 0. The predicted molar refractivity (Wildman–Crippen MR) is 166 cm³/mol. The Bertz CT molecular complexity index is 1520. The molecule has 1 fully saturated rings. The van der Waals surface area contributed by atoms with E-state index in [-0.39, 0.29) is 37.1 Å². The third-order valence-electron chi connectivity index (χ3n) is 7.22. The van der Waals surface area contributed by atoms with Crippen LogP contribution in [0.3, 0.4) is 0 Å². The van der Waals surface area contributed by atoms with Crippen LogP contribution in [0.2, 0.25) is 0 Å². The third-order valence-corrected chi connectivity index (χ3v) is 8.18. The summed E-state index contributed by atoms with van der Waals surface area (Å²) in [5.41, 5.74) is 0.401. The number of ether oxygens (including phenoxy) is 2. The quantitative estimate of drug-likeness (QED) is 0.279. The molecule has 1 aliphatic rings. The molecule has 4 rings (SSSR count). The van der Waals surface area contributed by atoms with Crippen LogP contribution in [0.4, 0.5) is 4.79 Å². The number of carbonyl (C=O) groups excluding carboxylic acids is 2. The normalized spacial score (nSPS) is 15.4. The Balaban J connectivity index is 1.26. The molecule has 1 atom stereocenters. The van der Waals surface area contributed by atoms with Gasteiger partial charge >= 0.3 is 6.09 Å². The van der Waals surface area contributed by atoms with E-state index in [0.717, 1.165) is 5.56 Å². The zero-order chi connectivity index (χ0) is 31.0. The van der Waals surface area contributed by atoms with E-state index < -0.39 is 17.3 Å². The highest BCUT2D eigenvalue weighted by Gasteiger charge is 2.35. The van der Waals surface area contributed by atoms with Crippen LogP contribution in [0.25, 0.3) is 10.2 Å². The van der Waals surface area contributed by atoms with Crippen molar-refractivity contribution in [2.24, 2.45) is 0 Å². The monoisotopic (exact) mass is 608 g/mol. The second-order valence-electron chi connectivity index (χ2n) is 11.9. The topological polar surface area (TPSA) is 123 Å². The highest BCUT2D eigenvalue weighted by molar-refractivity contribution is 7.17. The molecule has 1 aliphatic heterocycles. The minimum absolute atomic E-state index is 0.0775. The molecular weight excluding hydrogens is 568 g/mol. The fraction of sp³-hybridized carbons (Fsp3) is 0.500. The van der Waals surface area contributed by atoms with E-state index in [0.29, 0.717) is 54.7 Å². The highest BCUT2D eigenvalue weighted by atomic mass is 32.1. The summed E-state index contributed by atoms with van der Waals surface area (Å²) in [6, 6.07) is 9.98. The molecule has 11 heteroatoms. The molecule has 230 valence electrons. The van der Waals surface area contributed by atoms with Crippen molar-refractivity contribution in [2.75, 3.05) is 32.8 Å². The molecule has 1 aromatic carbocycles. The van der Waals surface area contributed by atoms with Crippen LogP contribution in [-0.4, -0.2) is 75.6 Å². The van der Waals surface area contributed by atoms with Crippen molar-refractivity contribution in [3.8, 4) is 11.8 Å². The number of nitrogens with one attached hydrogen (secondary N) is 1. The number of aromatic nitrogens is 2. The number of piperidine rings is 1. The zero-order valence-electron chi connectivity index (χ0n) is 25.2. The Hall–Kier alpha value is -3.72. The average molecular weight is 609 g/mol. The number of amides is 2. The first-order chi connectivity index (χ1) is 20.4. The summed E-state index contributed by atoms with van der Waals surface area (Å²) in [6.45, 7) is 9.17. The van der Waals surface area contributed by atoms with Crippen molar-refractivity contribution in [3.05, 3.63) is 63.5 Å². The number of likely N-dealkylation sites (tertiary alicyclic amines) is 1. The standard InChI is InChI=1S/C32H40N4O6S/c1-23(24-9-6-5-7-10-24)19-26(37)35-15-12-32(40,13-16-35)21-36-22-34-27-25(20-43-28(27)29(36)38)11-8-17-41-18-14-33-30(39)42-31(2,3)4/h5-7,9-10,20,22-23,40H,12-19,21H2,1-4H3,(H,33,39)/t23-/m1/s1. The Morgan fingerprint density at radius 2 is 1.93 bits per heavy atom. The number of thiophene rings is 1. The van der Waals surface area contributed by atoms with Gasteiger partial charge in [0.2, 0.25) is 5.91 Å². The smallest absolute Gasteiger partial charge is 0.407 e. The zero-order valence-corrected chi connectivity index (χ0v) is 26.0. The van der Waals surface area contributed by atoms with Gasteiger partial charge in [0.25, 0.3) is 5.56 Å². The second-order valence-corrected chi connectivity index (χ2v) is 12.8. The summed E-state index contributed by atoms with van der Waals surface area (Å²) < 4.78 is 12.5. The molecule has 43 heavy (non-hydrogen) atoms. The summed E-state index contributed by atoms with van der Waals surface area (Å²) in [5, 5.41) is 15.7. The lowest BCUT2D eigenvalue weighted by molar-refractivity contribution is -0.136. The van der Waals surface area contributed by atoms with Gasteiger partial charge in [0, 0.05) is 31.4 Å². The van der Waals surface area contributed by atoms with Gasteiger partial charge in [-0.1, -0.05) is 49.1 Å². The summed E-state index contributed by atoms with van der Waals surface area (Å²) in [5.74, 6) is 6.11. The van der Waals surface area contributed by atoms with E-state index in [1.54, 1.807) is 26.2 Å². The van der Waals surface area contributed by atoms with Crippen LogP contribution in [0.15, 0.2) is 46.8 Å². The van der Waals surface area contributed by atoms with E-state index in [9.17, 15) is 19.5 Å². The van der Waals surface area contributed by atoms with Crippen LogP contribution >= 0.6 is 11.3 Å². The largest absolute Gasteiger partial charge is 0.444 e. The fourth-order valence-electron chi connectivity index (χ4n) is 4.88. The number of fused-ring (bicyclic) bond motifs is 1. The Labute approximate surface area is 256 Å². The molecular formula is C32H40N4O6S. The summed E-state index contributed by atoms with van der Waals surface area (Å²) >= 11 is 1.27. The average Bonchev–Trinajstić information content (AvgIpc) is 3.37. The first kappa shape index (κ1) is 32.2. The van der Waals surface area contributed by atoms with Crippen molar-refractivity contribution >= 4 is 33.6 Å². The molecule has 0 aliphatic carbocycles. The molecule has 0 unspecified atom stereocenters. The summed E-state index contributed by atoms with van der Waals surface area (Å²) in [6.07, 6.45) is 2.15. The molecule has 2 aromatic heterocycles. The first-order valence-corrected chi connectivity index (χ1v) is 15.4. The number of nitrogens with zero attached hydrogens (tertiary/aromatic N) is 3. The number of aliphatic hydroxyl groups is 1. The van der Waals surface area contributed by atoms with E-state index in [1.807, 2.05) is 42.2 Å². The number of rotatable bonds is 9. The molecule has 1 saturated heterocycles. The van der Waals surface area contributed by atoms with E-state index in [1.165, 1.54) is 22.2 Å². The van der Waals surface area contributed by atoms with Crippen LogP contribution in [-0.2, 0) is 20.8 Å². The van der Waals surface area contributed by atoms with Crippen molar-refractivity contribution < 1.29 is 24.2 Å². The van der Waals surface area contributed by atoms with Crippen molar-refractivity contribution in [1.29, 1.82) is 0 Å². The Morgan fingerprint density at radius 3 is 2.63 bits per heavy atom. The number of alkyl carbamates (subject to hydrolysis) is 1. The number of hydrogen-bond acceptors (Lipinski definition) is 8. The molecule has 0 bridgehead atoms. The Morgan fingerprint density at radius 1 is 1.21 bits per heavy atom. The van der Waals surface area contributed by atoms with Gasteiger partial charge in [0.05, 0.1) is 30.6 Å². The van der Waals surface area contributed by atoms with Crippen LogP contribution < -0.4 is 10.9 Å². The molecule has 3 aromatic rings. The minimum atomic E-state index is -1.10. The fourth-order valence-corrected chi connectivity index (χ4v) is 5.77. The van der Waals surface area contributed by atoms with Crippen molar-refractivity contribution in [3.63, 3.8) is 0 Å².